The van der Waals surface area contributed by atoms with Crippen molar-refractivity contribution in [3.8, 4) is 0 Å². The molecule has 0 spiro atoms. The fourth-order valence-electron chi connectivity index (χ4n) is 2.45. The Morgan fingerprint density at radius 3 is 2.71 bits per heavy atom. The van der Waals surface area contributed by atoms with Crippen molar-refractivity contribution in [2.24, 2.45) is 5.92 Å². The number of ether oxygens (including phenoxy) is 1. The predicted octanol–water partition coefficient (Wildman–Crippen LogP) is 0.0381. The van der Waals surface area contributed by atoms with Gasteiger partial charge in [-0.1, -0.05) is 0 Å². The number of hydrogen-bond acceptors (Lipinski definition) is 4. The quantitative estimate of drug-likeness (QED) is 0.780. The summed E-state index contributed by atoms with van der Waals surface area (Å²) in [6.07, 6.45) is 2.76. The van der Waals surface area contributed by atoms with Gasteiger partial charge in [-0.25, -0.2) is 8.42 Å². The Bertz CT molecular complexity index is 318. The van der Waals surface area contributed by atoms with Crippen LogP contribution in [0, 0.1) is 5.92 Å². The maximum absolute atomic E-state index is 12.3. The van der Waals surface area contributed by atoms with Crippen LogP contribution in [0.15, 0.2) is 0 Å². The van der Waals surface area contributed by atoms with E-state index in [1.54, 1.807) is 4.31 Å². The third-order valence-electron chi connectivity index (χ3n) is 3.48. The minimum atomic E-state index is -3.08. The lowest BCUT2D eigenvalue weighted by Gasteiger charge is -2.26. The Morgan fingerprint density at radius 2 is 1.94 bits per heavy atom. The average Bonchev–Trinajstić information content (AvgIpc) is 2.58. The van der Waals surface area contributed by atoms with Crippen molar-refractivity contribution in [3.63, 3.8) is 0 Å². The second-order valence-corrected chi connectivity index (χ2v) is 6.85. The standard InChI is InChI=1S/C11H22N2O3S/c14-17(15,10-11-2-4-12-5-3-11)13-6-1-8-16-9-7-13/h11-12H,1-10H2. The Morgan fingerprint density at radius 1 is 1.18 bits per heavy atom. The summed E-state index contributed by atoms with van der Waals surface area (Å²) in [6.45, 7) is 4.25. The number of hydrogen-bond donors (Lipinski definition) is 1. The first-order valence-corrected chi connectivity index (χ1v) is 8.06. The molecule has 2 saturated heterocycles. The lowest BCUT2D eigenvalue weighted by atomic mass is 10.0. The highest BCUT2D eigenvalue weighted by atomic mass is 32.2. The van der Waals surface area contributed by atoms with Crippen molar-refractivity contribution < 1.29 is 13.2 Å². The molecule has 2 aliphatic heterocycles. The Hall–Kier alpha value is -0.170. The highest BCUT2D eigenvalue weighted by Gasteiger charge is 2.27. The van der Waals surface area contributed by atoms with Crippen LogP contribution in [-0.2, 0) is 14.8 Å². The van der Waals surface area contributed by atoms with E-state index in [4.69, 9.17) is 4.74 Å². The van der Waals surface area contributed by atoms with Crippen molar-refractivity contribution >= 4 is 10.0 Å². The molecule has 0 aromatic rings. The molecule has 6 heteroatoms. The van der Waals surface area contributed by atoms with E-state index in [-0.39, 0.29) is 0 Å². The maximum atomic E-state index is 12.3. The van der Waals surface area contributed by atoms with Gasteiger partial charge < -0.3 is 10.1 Å². The van der Waals surface area contributed by atoms with E-state index in [1.165, 1.54) is 0 Å². The molecule has 0 amide bonds. The lowest BCUT2D eigenvalue weighted by molar-refractivity contribution is 0.148. The third kappa shape index (κ3) is 3.91. The van der Waals surface area contributed by atoms with E-state index in [2.05, 4.69) is 5.32 Å². The average molecular weight is 262 g/mol. The van der Waals surface area contributed by atoms with E-state index < -0.39 is 10.0 Å². The number of piperidine rings is 1. The largest absolute Gasteiger partial charge is 0.380 e. The smallest absolute Gasteiger partial charge is 0.214 e. The first-order valence-electron chi connectivity index (χ1n) is 6.45. The molecule has 0 unspecified atom stereocenters. The van der Waals surface area contributed by atoms with Gasteiger partial charge in [-0.2, -0.15) is 4.31 Å². The van der Waals surface area contributed by atoms with Gasteiger partial charge in [-0.3, -0.25) is 0 Å². The molecule has 0 aromatic heterocycles. The molecule has 1 N–H and O–H groups in total. The van der Waals surface area contributed by atoms with Crippen LogP contribution in [0.1, 0.15) is 19.3 Å². The number of rotatable bonds is 3. The highest BCUT2D eigenvalue weighted by molar-refractivity contribution is 7.89. The monoisotopic (exact) mass is 262 g/mol. The zero-order valence-electron chi connectivity index (χ0n) is 10.2. The van der Waals surface area contributed by atoms with Crippen molar-refractivity contribution in [1.29, 1.82) is 0 Å². The topological polar surface area (TPSA) is 58.6 Å². The highest BCUT2D eigenvalue weighted by Crippen LogP contribution is 2.17. The Balaban J connectivity index is 1.91. The molecule has 0 aromatic carbocycles. The van der Waals surface area contributed by atoms with Crippen LogP contribution in [0.4, 0.5) is 0 Å². The van der Waals surface area contributed by atoms with E-state index in [0.717, 1.165) is 32.4 Å². The number of nitrogens with one attached hydrogen (secondary N) is 1. The van der Waals surface area contributed by atoms with Crippen LogP contribution in [-0.4, -0.2) is 57.9 Å². The van der Waals surface area contributed by atoms with Gasteiger partial charge in [0.15, 0.2) is 0 Å². The molecule has 0 atom stereocenters. The van der Waals surface area contributed by atoms with Gasteiger partial charge in [0, 0.05) is 19.7 Å². The van der Waals surface area contributed by atoms with Gasteiger partial charge in [-0.05, 0) is 38.3 Å². The molecular weight excluding hydrogens is 240 g/mol. The number of nitrogens with zero attached hydrogens (tertiary/aromatic N) is 1. The molecule has 2 fully saturated rings. The van der Waals surface area contributed by atoms with Crippen LogP contribution in [0.5, 0.6) is 0 Å². The second kappa shape index (κ2) is 6.13. The van der Waals surface area contributed by atoms with Crippen molar-refractivity contribution in [2.45, 2.75) is 19.3 Å². The van der Waals surface area contributed by atoms with Gasteiger partial charge in [0.05, 0.1) is 12.4 Å². The summed E-state index contributed by atoms with van der Waals surface area (Å²) in [5, 5.41) is 3.26. The predicted molar refractivity (Wildman–Crippen MR) is 66.4 cm³/mol. The van der Waals surface area contributed by atoms with Crippen LogP contribution in [0.3, 0.4) is 0 Å². The van der Waals surface area contributed by atoms with Gasteiger partial charge >= 0.3 is 0 Å². The Labute approximate surface area is 104 Å². The molecule has 0 bridgehead atoms. The second-order valence-electron chi connectivity index (χ2n) is 4.84. The van der Waals surface area contributed by atoms with Crippen molar-refractivity contribution in [3.05, 3.63) is 0 Å². The van der Waals surface area contributed by atoms with E-state index >= 15 is 0 Å². The van der Waals surface area contributed by atoms with Crippen LogP contribution < -0.4 is 5.32 Å². The molecular formula is C11H22N2O3S. The summed E-state index contributed by atoms with van der Waals surface area (Å²) in [4.78, 5) is 0. The fraction of sp³-hybridized carbons (Fsp3) is 1.00. The summed E-state index contributed by atoms with van der Waals surface area (Å²) in [5.41, 5.74) is 0. The molecule has 5 nitrogen and oxygen atoms in total. The van der Waals surface area contributed by atoms with Crippen molar-refractivity contribution in [2.75, 3.05) is 45.1 Å². The minimum absolute atomic E-state index is 0.314. The molecule has 2 aliphatic rings. The van der Waals surface area contributed by atoms with Gasteiger partial charge in [0.2, 0.25) is 10.0 Å². The SMILES string of the molecule is O=S(=O)(CC1CCNCC1)N1CCCOCC1. The molecule has 100 valence electrons. The number of sulfonamides is 1. The van der Waals surface area contributed by atoms with Gasteiger partial charge in [0.1, 0.15) is 0 Å². The first-order chi connectivity index (χ1) is 8.18. The van der Waals surface area contributed by atoms with E-state index in [9.17, 15) is 8.42 Å². The van der Waals surface area contributed by atoms with E-state index in [0.29, 0.717) is 38.0 Å². The third-order valence-corrected chi connectivity index (χ3v) is 5.52. The summed E-state index contributed by atoms with van der Waals surface area (Å²) in [7, 11) is -3.08. The fourth-order valence-corrected chi connectivity index (χ4v) is 4.35. The van der Waals surface area contributed by atoms with Crippen LogP contribution in [0.2, 0.25) is 0 Å². The van der Waals surface area contributed by atoms with Crippen molar-refractivity contribution in [1.82, 2.24) is 9.62 Å². The summed E-state index contributed by atoms with van der Waals surface area (Å²) in [5.74, 6) is 0.639. The molecule has 17 heavy (non-hydrogen) atoms. The van der Waals surface area contributed by atoms with Crippen LogP contribution in [0.25, 0.3) is 0 Å². The molecule has 0 radical (unpaired) electrons. The Kier molecular flexibility index (Phi) is 4.78. The maximum Gasteiger partial charge on any atom is 0.214 e. The zero-order chi connectivity index (χ0) is 12.1. The molecule has 2 rings (SSSR count). The van der Waals surface area contributed by atoms with Crippen LogP contribution >= 0.6 is 0 Å². The van der Waals surface area contributed by atoms with E-state index in [1.807, 2.05) is 0 Å². The zero-order valence-corrected chi connectivity index (χ0v) is 11.0. The molecule has 2 heterocycles. The summed E-state index contributed by atoms with van der Waals surface area (Å²) >= 11 is 0. The summed E-state index contributed by atoms with van der Waals surface area (Å²) < 4.78 is 31.4. The minimum Gasteiger partial charge on any atom is -0.380 e. The van der Waals surface area contributed by atoms with Gasteiger partial charge in [0.25, 0.3) is 0 Å². The molecule has 0 saturated carbocycles. The molecule has 0 aliphatic carbocycles. The first kappa shape index (κ1) is 13.3. The summed E-state index contributed by atoms with van der Waals surface area (Å²) in [6, 6.07) is 0. The normalized spacial score (nSPS) is 25.6. The lowest BCUT2D eigenvalue weighted by Crippen LogP contribution is -2.39. The van der Waals surface area contributed by atoms with Gasteiger partial charge in [-0.15, -0.1) is 0 Å².